The average molecular weight is 182 g/mol. The molecular weight excluding hydrogens is 180 g/mol. The SMILES string of the molecule is O=C=C1OC(F)C(F)=C(F)C1F. The quantitative estimate of drug-likeness (QED) is 0.419. The molecule has 0 spiro atoms. The van der Waals surface area contributed by atoms with Gasteiger partial charge in [0.1, 0.15) is 0 Å². The van der Waals surface area contributed by atoms with Gasteiger partial charge in [0, 0.05) is 0 Å². The van der Waals surface area contributed by atoms with Crippen LogP contribution in [0.25, 0.3) is 0 Å². The molecule has 0 fully saturated rings. The van der Waals surface area contributed by atoms with Gasteiger partial charge in [0.05, 0.1) is 0 Å². The molecule has 12 heavy (non-hydrogen) atoms. The van der Waals surface area contributed by atoms with Crippen molar-refractivity contribution in [2.24, 2.45) is 0 Å². The van der Waals surface area contributed by atoms with Crippen LogP contribution in [0.2, 0.25) is 0 Å². The first-order valence-electron chi connectivity index (χ1n) is 2.82. The van der Waals surface area contributed by atoms with Gasteiger partial charge in [0.2, 0.25) is 17.8 Å². The van der Waals surface area contributed by atoms with Gasteiger partial charge in [0.15, 0.2) is 11.8 Å². The average Bonchev–Trinajstić information content (AvgIpc) is 2.08. The Morgan fingerprint density at radius 3 is 2.33 bits per heavy atom. The molecule has 1 aliphatic rings. The molecule has 0 aromatic carbocycles. The monoisotopic (exact) mass is 182 g/mol. The highest BCUT2D eigenvalue weighted by atomic mass is 19.2. The third-order valence-corrected chi connectivity index (χ3v) is 1.21. The molecule has 0 aliphatic carbocycles. The predicted octanol–water partition coefficient (Wildman–Crippen LogP) is 1.52. The smallest absolute Gasteiger partial charge is 0.293 e. The summed E-state index contributed by atoms with van der Waals surface area (Å²) in [5, 5.41) is 0. The number of halogens is 4. The number of alkyl halides is 2. The van der Waals surface area contributed by atoms with Crippen LogP contribution in [-0.4, -0.2) is 18.5 Å². The molecule has 1 aliphatic heterocycles. The molecule has 0 amide bonds. The second-order valence-corrected chi connectivity index (χ2v) is 1.96. The van der Waals surface area contributed by atoms with Crippen LogP contribution in [0, 0.1) is 0 Å². The molecule has 1 heterocycles. The standard InChI is InChI=1S/C6H2F4O2/c7-3-2(1-11)12-6(10)5(9)4(3)8/h3,6H. The maximum Gasteiger partial charge on any atom is 0.293 e. The first-order chi connectivity index (χ1) is 5.57. The molecule has 0 saturated carbocycles. The van der Waals surface area contributed by atoms with Crippen LogP contribution < -0.4 is 0 Å². The van der Waals surface area contributed by atoms with E-state index in [9.17, 15) is 22.4 Å². The van der Waals surface area contributed by atoms with E-state index in [1.807, 2.05) is 0 Å². The number of hydrogen-bond acceptors (Lipinski definition) is 2. The highest BCUT2D eigenvalue weighted by Crippen LogP contribution is 2.31. The minimum atomic E-state index is -2.76. The number of rotatable bonds is 0. The van der Waals surface area contributed by atoms with Gasteiger partial charge in [-0.2, -0.15) is 4.39 Å². The summed E-state index contributed by atoms with van der Waals surface area (Å²) >= 11 is 0. The number of allylic oxidation sites excluding steroid dienone is 1. The van der Waals surface area contributed by atoms with E-state index < -0.39 is 29.9 Å². The van der Waals surface area contributed by atoms with Gasteiger partial charge in [-0.25, -0.2) is 18.0 Å². The Labute approximate surface area is 64.1 Å². The molecule has 2 nitrogen and oxygen atoms in total. The Balaban J connectivity index is 3.09. The third-order valence-electron chi connectivity index (χ3n) is 1.21. The van der Waals surface area contributed by atoms with E-state index in [2.05, 4.69) is 4.74 Å². The maximum atomic E-state index is 12.4. The first-order valence-corrected chi connectivity index (χ1v) is 2.82. The highest BCUT2D eigenvalue weighted by Gasteiger charge is 2.37. The van der Waals surface area contributed by atoms with Crippen LogP contribution >= 0.6 is 0 Å². The van der Waals surface area contributed by atoms with Crippen LogP contribution in [0.1, 0.15) is 0 Å². The van der Waals surface area contributed by atoms with E-state index in [0.29, 0.717) is 0 Å². The summed E-state index contributed by atoms with van der Waals surface area (Å²) in [6.45, 7) is 0. The molecule has 0 aromatic rings. The zero-order valence-corrected chi connectivity index (χ0v) is 5.48. The minimum Gasteiger partial charge on any atom is -0.443 e. The van der Waals surface area contributed by atoms with Crippen molar-refractivity contribution in [3.63, 3.8) is 0 Å². The molecule has 1 rings (SSSR count). The van der Waals surface area contributed by atoms with Crippen molar-refractivity contribution in [3.05, 3.63) is 17.4 Å². The molecule has 0 radical (unpaired) electrons. The van der Waals surface area contributed by atoms with E-state index in [-0.39, 0.29) is 0 Å². The van der Waals surface area contributed by atoms with Crippen molar-refractivity contribution in [1.29, 1.82) is 0 Å². The lowest BCUT2D eigenvalue weighted by Gasteiger charge is -2.18. The molecule has 0 saturated heterocycles. The van der Waals surface area contributed by atoms with E-state index in [1.165, 1.54) is 0 Å². The zero-order valence-electron chi connectivity index (χ0n) is 5.48. The van der Waals surface area contributed by atoms with E-state index in [0.717, 1.165) is 5.94 Å². The lowest BCUT2D eigenvalue weighted by molar-refractivity contribution is -0.0152. The van der Waals surface area contributed by atoms with Gasteiger partial charge in [-0.15, -0.1) is 0 Å². The van der Waals surface area contributed by atoms with Gasteiger partial charge in [0.25, 0.3) is 6.36 Å². The highest BCUT2D eigenvalue weighted by molar-refractivity contribution is 5.53. The van der Waals surface area contributed by atoms with Crippen LogP contribution in [0.4, 0.5) is 17.6 Å². The summed E-state index contributed by atoms with van der Waals surface area (Å²) in [6.07, 6.45) is -5.44. The number of ether oxygens (including phenoxy) is 1. The fourth-order valence-electron chi connectivity index (χ4n) is 0.643. The molecule has 2 atom stereocenters. The summed E-state index contributed by atoms with van der Waals surface area (Å²) in [5.41, 5.74) is 0. The van der Waals surface area contributed by atoms with Gasteiger partial charge >= 0.3 is 0 Å². The zero-order chi connectivity index (χ0) is 9.30. The van der Waals surface area contributed by atoms with Gasteiger partial charge in [-0.05, 0) is 0 Å². The Bertz CT molecular complexity index is 279. The molecule has 66 valence electrons. The number of hydrogen-bond donors (Lipinski definition) is 0. The lowest BCUT2D eigenvalue weighted by atomic mass is 10.2. The van der Waals surface area contributed by atoms with Gasteiger partial charge in [-0.1, -0.05) is 0 Å². The summed E-state index contributed by atoms with van der Waals surface area (Å²) < 4.78 is 52.7. The molecule has 0 bridgehead atoms. The fraction of sp³-hybridized carbons (Fsp3) is 0.333. The second-order valence-electron chi connectivity index (χ2n) is 1.96. The summed E-state index contributed by atoms with van der Waals surface area (Å²) in [4.78, 5) is 9.76. The Morgan fingerprint density at radius 1 is 1.25 bits per heavy atom. The van der Waals surface area contributed by atoms with Crippen molar-refractivity contribution >= 4 is 5.94 Å². The van der Waals surface area contributed by atoms with Crippen molar-refractivity contribution in [1.82, 2.24) is 0 Å². The topological polar surface area (TPSA) is 26.3 Å². The normalized spacial score (nSPS) is 29.8. The maximum absolute atomic E-state index is 12.4. The van der Waals surface area contributed by atoms with Crippen LogP contribution in [0.5, 0.6) is 0 Å². The van der Waals surface area contributed by atoms with E-state index in [4.69, 9.17) is 0 Å². The summed E-state index contributed by atoms with van der Waals surface area (Å²) in [6, 6.07) is 0. The Kier molecular flexibility index (Phi) is 2.19. The predicted molar refractivity (Wildman–Crippen MR) is 29.3 cm³/mol. The largest absolute Gasteiger partial charge is 0.443 e. The lowest BCUT2D eigenvalue weighted by Crippen LogP contribution is -2.23. The van der Waals surface area contributed by atoms with Crippen LogP contribution in [-0.2, 0) is 9.53 Å². The Hall–Kier alpha value is -1.29. The molecule has 0 aromatic heterocycles. The van der Waals surface area contributed by atoms with Crippen molar-refractivity contribution in [2.45, 2.75) is 12.5 Å². The number of carbonyl (C=O) groups excluding carboxylic acids is 1. The fourth-order valence-corrected chi connectivity index (χ4v) is 0.643. The van der Waals surface area contributed by atoms with Crippen molar-refractivity contribution in [3.8, 4) is 0 Å². The summed E-state index contributed by atoms with van der Waals surface area (Å²) in [7, 11) is 0. The molecule has 0 N–H and O–H groups in total. The third kappa shape index (κ3) is 1.21. The minimum absolute atomic E-state index is 0.824. The van der Waals surface area contributed by atoms with E-state index in [1.54, 1.807) is 0 Å². The van der Waals surface area contributed by atoms with Gasteiger partial charge in [-0.3, -0.25) is 0 Å². The van der Waals surface area contributed by atoms with Crippen LogP contribution in [0.3, 0.4) is 0 Å². The molecule has 2 unspecified atom stereocenters. The molecule has 6 heteroatoms. The van der Waals surface area contributed by atoms with Gasteiger partial charge < -0.3 is 4.74 Å². The molecular formula is C6H2F4O2. The summed E-state index contributed by atoms with van der Waals surface area (Å²) in [5.74, 6) is -4.36. The van der Waals surface area contributed by atoms with Crippen molar-refractivity contribution < 1.29 is 27.1 Å². The van der Waals surface area contributed by atoms with Crippen molar-refractivity contribution in [2.75, 3.05) is 0 Å². The second kappa shape index (κ2) is 2.98. The Morgan fingerprint density at radius 2 is 1.83 bits per heavy atom. The van der Waals surface area contributed by atoms with E-state index >= 15 is 0 Å². The van der Waals surface area contributed by atoms with Crippen LogP contribution in [0.15, 0.2) is 17.4 Å². The first kappa shape index (κ1) is 8.80.